The number of thioether (sulfide) groups is 1. The lowest BCUT2D eigenvalue weighted by molar-refractivity contribution is -0.245. The Bertz CT molecular complexity index is 2160. The van der Waals surface area contributed by atoms with Gasteiger partial charge in [-0.15, -0.1) is 0 Å². The number of benzene rings is 5. The summed E-state index contributed by atoms with van der Waals surface area (Å²) in [7, 11) is 0. The van der Waals surface area contributed by atoms with E-state index >= 15 is 0 Å². The van der Waals surface area contributed by atoms with Crippen molar-refractivity contribution in [3.63, 3.8) is 0 Å². The van der Waals surface area contributed by atoms with Crippen LogP contribution in [-0.4, -0.2) is 33.8 Å². The standard InChI is InChI=1S/C46H46N4O6S/c47-38-16-10-11-17-39(38)49-42(53)19-9-3-8-18-41(52)48-36-26-24-35(25-27-36)45-54-37(28-40(55-45)32-22-20-31(29-51)21-23-32)30-57-46-50-43(33-12-4-1-5-13-33)44(56-46)34-14-6-2-7-15-34/h1-2,4-7,10-17,20-27,37,40,45,51H,3,8-9,18-19,28-30,47H2,(H,48,52)(H,49,53)/t37-,40+,45+/m1/s1. The van der Waals surface area contributed by atoms with E-state index in [-0.39, 0.29) is 30.6 Å². The SMILES string of the molecule is Nc1ccccc1NC(=O)CCCCCC(=O)Nc1ccc([C@H]2O[C@@H](CSc3nc(-c4ccccc4)c(-c4ccccc4)o3)C[C@@H](c3ccc(CO)cc3)O2)cc1. The second-order valence-electron chi connectivity index (χ2n) is 13.9. The Balaban J connectivity index is 0.964. The fourth-order valence-corrected chi connectivity index (χ4v) is 7.49. The number of nitrogen functional groups attached to an aromatic ring is 1. The summed E-state index contributed by atoms with van der Waals surface area (Å²) in [4.78, 5) is 30.0. The summed E-state index contributed by atoms with van der Waals surface area (Å²) in [5.41, 5.74) is 13.1. The van der Waals surface area contributed by atoms with Gasteiger partial charge in [-0.05, 0) is 48.2 Å². The molecule has 57 heavy (non-hydrogen) atoms. The summed E-state index contributed by atoms with van der Waals surface area (Å²) in [5, 5.41) is 16.0. The van der Waals surface area contributed by atoms with Crippen LogP contribution in [0.4, 0.5) is 17.1 Å². The molecule has 3 atom stereocenters. The first-order chi connectivity index (χ1) is 27.9. The number of carbonyl (C=O) groups is 2. The van der Waals surface area contributed by atoms with Gasteiger partial charge in [0.1, 0.15) is 5.69 Å². The average molecular weight is 783 g/mol. The number of rotatable bonds is 16. The van der Waals surface area contributed by atoms with Crippen molar-refractivity contribution in [1.82, 2.24) is 4.98 Å². The lowest BCUT2D eigenvalue weighted by Gasteiger charge is -2.36. The highest BCUT2D eigenvalue weighted by atomic mass is 32.2. The number of hydrogen-bond acceptors (Lipinski definition) is 9. The molecule has 11 heteroatoms. The van der Waals surface area contributed by atoms with Gasteiger partial charge < -0.3 is 35.4 Å². The molecule has 0 saturated carbocycles. The molecule has 1 aliphatic heterocycles. The first kappa shape index (κ1) is 39.5. The third-order valence-electron chi connectivity index (χ3n) is 9.71. The van der Waals surface area contributed by atoms with Crippen molar-refractivity contribution >= 4 is 40.6 Å². The van der Waals surface area contributed by atoms with E-state index in [1.165, 1.54) is 11.8 Å². The van der Waals surface area contributed by atoms with Gasteiger partial charge in [0.15, 0.2) is 12.1 Å². The number of amides is 2. The van der Waals surface area contributed by atoms with Gasteiger partial charge in [-0.25, -0.2) is 4.98 Å². The number of nitrogens with one attached hydrogen (secondary N) is 2. The molecule has 5 aromatic carbocycles. The van der Waals surface area contributed by atoms with E-state index in [0.717, 1.165) is 45.7 Å². The molecule has 1 aliphatic rings. The highest BCUT2D eigenvalue weighted by Gasteiger charge is 2.33. The van der Waals surface area contributed by atoms with E-state index in [0.29, 0.717) is 60.1 Å². The number of para-hydroxylation sites is 2. The summed E-state index contributed by atoms with van der Waals surface area (Å²) < 4.78 is 19.5. The van der Waals surface area contributed by atoms with Crippen LogP contribution in [0.3, 0.4) is 0 Å². The predicted molar refractivity (Wildman–Crippen MR) is 224 cm³/mol. The molecule has 0 aliphatic carbocycles. The molecule has 6 aromatic rings. The van der Waals surface area contributed by atoms with Gasteiger partial charge in [0.2, 0.25) is 11.8 Å². The molecule has 5 N–H and O–H groups in total. The van der Waals surface area contributed by atoms with Gasteiger partial charge in [-0.2, -0.15) is 0 Å². The summed E-state index contributed by atoms with van der Waals surface area (Å²) in [6, 6.07) is 42.5. The van der Waals surface area contributed by atoms with Crippen molar-refractivity contribution in [2.45, 2.75) is 68.9 Å². The van der Waals surface area contributed by atoms with E-state index in [4.69, 9.17) is 24.6 Å². The molecular formula is C46H46N4O6S. The number of unbranched alkanes of at least 4 members (excludes halogenated alkanes) is 2. The minimum Gasteiger partial charge on any atom is -0.431 e. The van der Waals surface area contributed by atoms with Crippen LogP contribution >= 0.6 is 11.8 Å². The van der Waals surface area contributed by atoms with Crippen LogP contribution in [0.25, 0.3) is 22.6 Å². The van der Waals surface area contributed by atoms with E-state index in [1.54, 1.807) is 12.1 Å². The number of hydrogen-bond donors (Lipinski definition) is 4. The monoisotopic (exact) mass is 782 g/mol. The fourth-order valence-electron chi connectivity index (χ4n) is 6.64. The smallest absolute Gasteiger partial charge is 0.256 e. The van der Waals surface area contributed by atoms with Crippen LogP contribution < -0.4 is 16.4 Å². The van der Waals surface area contributed by atoms with E-state index in [1.807, 2.05) is 121 Å². The zero-order valence-electron chi connectivity index (χ0n) is 31.5. The maximum absolute atomic E-state index is 12.8. The number of oxazole rings is 1. The quantitative estimate of drug-likeness (QED) is 0.0428. The summed E-state index contributed by atoms with van der Waals surface area (Å²) in [6.45, 7) is -0.0318. The van der Waals surface area contributed by atoms with Crippen LogP contribution in [0.2, 0.25) is 0 Å². The van der Waals surface area contributed by atoms with Crippen molar-refractivity contribution in [2.75, 3.05) is 22.1 Å². The highest BCUT2D eigenvalue weighted by molar-refractivity contribution is 7.99. The minimum absolute atomic E-state index is 0.0318. The van der Waals surface area contributed by atoms with E-state index < -0.39 is 6.29 Å². The summed E-state index contributed by atoms with van der Waals surface area (Å²) >= 11 is 1.51. The second-order valence-corrected chi connectivity index (χ2v) is 14.9. The lowest BCUT2D eigenvalue weighted by Crippen LogP contribution is -2.31. The normalized spacial score (nSPS) is 16.5. The van der Waals surface area contributed by atoms with Crippen LogP contribution in [0.15, 0.2) is 143 Å². The van der Waals surface area contributed by atoms with Crippen molar-refractivity contribution in [3.05, 3.63) is 150 Å². The zero-order chi connectivity index (χ0) is 39.4. The topological polar surface area (TPSA) is 149 Å². The first-order valence-electron chi connectivity index (χ1n) is 19.2. The third kappa shape index (κ3) is 10.8. The molecule has 10 nitrogen and oxygen atoms in total. The third-order valence-corrected chi connectivity index (χ3v) is 10.7. The molecule has 0 spiro atoms. The number of carbonyl (C=O) groups excluding carboxylic acids is 2. The minimum atomic E-state index is -0.656. The van der Waals surface area contributed by atoms with Gasteiger partial charge in [-0.3, -0.25) is 9.59 Å². The van der Waals surface area contributed by atoms with Crippen LogP contribution in [0.1, 0.15) is 67.6 Å². The maximum Gasteiger partial charge on any atom is 0.256 e. The highest BCUT2D eigenvalue weighted by Crippen LogP contribution is 2.41. The Morgan fingerprint density at radius 3 is 2.04 bits per heavy atom. The molecule has 2 heterocycles. The van der Waals surface area contributed by atoms with Crippen molar-refractivity contribution in [1.29, 1.82) is 0 Å². The fraction of sp³-hybridized carbons (Fsp3) is 0.239. The Morgan fingerprint density at radius 1 is 0.719 bits per heavy atom. The molecule has 7 rings (SSSR count). The molecule has 0 bridgehead atoms. The molecule has 2 amide bonds. The molecule has 1 saturated heterocycles. The van der Waals surface area contributed by atoms with Gasteiger partial charge in [0, 0.05) is 47.4 Å². The van der Waals surface area contributed by atoms with Crippen LogP contribution in [0.5, 0.6) is 0 Å². The average Bonchev–Trinajstić information content (AvgIpc) is 3.69. The molecule has 1 fully saturated rings. The zero-order valence-corrected chi connectivity index (χ0v) is 32.3. The maximum atomic E-state index is 12.8. The summed E-state index contributed by atoms with van der Waals surface area (Å²) in [5.74, 6) is 1.12. The number of aromatic nitrogens is 1. The Morgan fingerprint density at radius 2 is 1.35 bits per heavy atom. The second kappa shape index (κ2) is 19.4. The Labute approximate surface area is 336 Å². The molecule has 0 unspecified atom stereocenters. The van der Waals surface area contributed by atoms with Gasteiger partial charge >= 0.3 is 0 Å². The Hall–Kier alpha value is -5.72. The number of aliphatic hydroxyl groups excluding tert-OH is 1. The van der Waals surface area contributed by atoms with Gasteiger partial charge in [-0.1, -0.05) is 127 Å². The van der Waals surface area contributed by atoms with Gasteiger partial charge in [0.05, 0.1) is 30.2 Å². The number of anilines is 3. The van der Waals surface area contributed by atoms with Crippen LogP contribution in [0, 0.1) is 0 Å². The predicted octanol–water partition coefficient (Wildman–Crippen LogP) is 9.95. The number of nitrogens with zero attached hydrogens (tertiary/aromatic N) is 1. The van der Waals surface area contributed by atoms with Crippen molar-refractivity contribution in [2.24, 2.45) is 0 Å². The molecule has 0 radical (unpaired) electrons. The first-order valence-corrected chi connectivity index (χ1v) is 20.2. The number of ether oxygens (including phenoxy) is 2. The number of aliphatic hydroxyl groups is 1. The molecule has 292 valence electrons. The molecule has 1 aromatic heterocycles. The molecular weight excluding hydrogens is 737 g/mol. The lowest BCUT2D eigenvalue weighted by atomic mass is 10.0. The number of nitrogens with two attached hydrogens (primary N) is 1. The van der Waals surface area contributed by atoms with Gasteiger partial charge in [0.25, 0.3) is 5.22 Å². The Kier molecular flexibility index (Phi) is 13.5. The van der Waals surface area contributed by atoms with Crippen LogP contribution in [-0.2, 0) is 25.7 Å². The van der Waals surface area contributed by atoms with Crippen molar-refractivity contribution in [3.8, 4) is 22.6 Å². The van der Waals surface area contributed by atoms with E-state index in [9.17, 15) is 14.7 Å². The summed E-state index contributed by atoms with van der Waals surface area (Å²) in [6.07, 6.45) is 2.31. The van der Waals surface area contributed by atoms with E-state index in [2.05, 4.69) is 10.6 Å². The van der Waals surface area contributed by atoms with Crippen molar-refractivity contribution < 1.29 is 28.6 Å². The largest absolute Gasteiger partial charge is 0.431 e.